The number of hydrogen-bond donors (Lipinski definition) is 0. The molecule has 0 saturated carbocycles. The normalized spacial score (nSPS) is 8.81. The summed E-state index contributed by atoms with van der Waals surface area (Å²) < 4.78 is 2.23. The molecule has 0 saturated heterocycles. The predicted molar refractivity (Wildman–Crippen MR) is 91.8 cm³/mol. The molecule has 0 bridgehead atoms. The zero-order valence-electron chi connectivity index (χ0n) is 12.8. The lowest BCUT2D eigenvalue weighted by Crippen LogP contribution is -2.36. The van der Waals surface area contributed by atoms with Crippen LogP contribution in [-0.4, -0.2) is 5.48 Å². The quantitative estimate of drug-likeness (QED) is 0.746. The van der Waals surface area contributed by atoms with Crippen LogP contribution in [0.5, 0.6) is 0 Å². The lowest BCUT2D eigenvalue weighted by molar-refractivity contribution is -0.699. The summed E-state index contributed by atoms with van der Waals surface area (Å²) in [6.45, 7) is 10.7. The Balaban J connectivity index is 0.000000390. The van der Waals surface area contributed by atoms with E-state index in [2.05, 4.69) is 43.0 Å². The first kappa shape index (κ1) is 18.8. The molecule has 0 unspecified atom stereocenters. The van der Waals surface area contributed by atoms with Crippen molar-refractivity contribution in [3.05, 3.63) is 79.1 Å². The van der Waals surface area contributed by atoms with Crippen molar-refractivity contribution in [1.82, 2.24) is 0 Å². The number of benzene rings is 1. The van der Waals surface area contributed by atoms with Gasteiger partial charge in [-0.05, 0) is 11.6 Å². The minimum Gasteiger partial charge on any atom is -0.412 e. The molecule has 2 N–H and O–H groups in total. The van der Waals surface area contributed by atoms with Gasteiger partial charge in [0.15, 0.2) is 6.20 Å². The van der Waals surface area contributed by atoms with Gasteiger partial charge in [0.05, 0.1) is 0 Å². The van der Waals surface area contributed by atoms with E-state index in [4.69, 9.17) is 0 Å². The first-order valence-electron chi connectivity index (χ1n) is 7.10. The SMILES string of the molecule is C=Cc1cccc[n+]1CCCC.C=Cc1ccccc1.O. The van der Waals surface area contributed by atoms with E-state index in [1.807, 2.05) is 48.6 Å². The molecular weight excluding hydrogens is 258 g/mol. The Labute approximate surface area is 128 Å². The number of hydrogen-bond acceptors (Lipinski definition) is 0. The second-order valence-electron chi connectivity index (χ2n) is 4.49. The molecule has 2 rings (SSSR count). The van der Waals surface area contributed by atoms with Crippen LogP contribution < -0.4 is 4.57 Å². The van der Waals surface area contributed by atoms with Crippen molar-refractivity contribution >= 4 is 12.2 Å². The van der Waals surface area contributed by atoms with E-state index in [9.17, 15) is 0 Å². The van der Waals surface area contributed by atoms with Gasteiger partial charge >= 0.3 is 0 Å². The lowest BCUT2D eigenvalue weighted by atomic mass is 10.2. The zero-order chi connectivity index (χ0) is 14.6. The summed E-state index contributed by atoms with van der Waals surface area (Å²) in [5.74, 6) is 0. The van der Waals surface area contributed by atoms with Gasteiger partial charge in [0.2, 0.25) is 5.69 Å². The fourth-order valence-corrected chi connectivity index (χ4v) is 1.80. The molecule has 21 heavy (non-hydrogen) atoms. The highest BCUT2D eigenvalue weighted by molar-refractivity contribution is 5.45. The van der Waals surface area contributed by atoms with Gasteiger partial charge in [0.1, 0.15) is 6.54 Å². The van der Waals surface area contributed by atoms with E-state index in [1.165, 1.54) is 24.1 Å². The van der Waals surface area contributed by atoms with Crippen LogP contribution >= 0.6 is 0 Å². The van der Waals surface area contributed by atoms with Crippen LogP contribution in [0.4, 0.5) is 0 Å². The minimum absolute atomic E-state index is 0. The first-order chi connectivity index (χ1) is 9.81. The summed E-state index contributed by atoms with van der Waals surface area (Å²) in [5, 5.41) is 0. The highest BCUT2D eigenvalue weighted by Crippen LogP contribution is 1.97. The Kier molecular flexibility index (Phi) is 10.4. The maximum Gasteiger partial charge on any atom is 0.204 e. The molecule has 1 heterocycles. The third kappa shape index (κ3) is 7.23. The first-order valence-corrected chi connectivity index (χ1v) is 7.10. The van der Waals surface area contributed by atoms with Gasteiger partial charge < -0.3 is 5.48 Å². The molecule has 2 heteroatoms. The molecule has 112 valence electrons. The highest BCUT2D eigenvalue weighted by Gasteiger charge is 2.03. The van der Waals surface area contributed by atoms with Gasteiger partial charge in [0.25, 0.3) is 0 Å². The van der Waals surface area contributed by atoms with Crippen molar-refractivity contribution in [1.29, 1.82) is 0 Å². The number of aryl methyl sites for hydroxylation is 1. The molecule has 0 aliphatic rings. The van der Waals surface area contributed by atoms with Crippen molar-refractivity contribution in [2.45, 2.75) is 26.3 Å². The predicted octanol–water partition coefficient (Wildman–Crippen LogP) is 3.92. The maximum atomic E-state index is 3.78. The van der Waals surface area contributed by atoms with Crippen LogP contribution in [-0.2, 0) is 6.54 Å². The third-order valence-corrected chi connectivity index (χ3v) is 2.97. The summed E-state index contributed by atoms with van der Waals surface area (Å²) in [7, 11) is 0. The van der Waals surface area contributed by atoms with E-state index in [-0.39, 0.29) is 5.48 Å². The topological polar surface area (TPSA) is 35.4 Å². The third-order valence-electron chi connectivity index (χ3n) is 2.97. The Hall–Kier alpha value is -2.19. The Morgan fingerprint density at radius 1 is 0.952 bits per heavy atom. The molecule has 0 aliphatic carbocycles. The van der Waals surface area contributed by atoms with Crippen molar-refractivity contribution in [3.63, 3.8) is 0 Å². The summed E-state index contributed by atoms with van der Waals surface area (Å²) in [5.41, 5.74) is 2.37. The molecule has 0 radical (unpaired) electrons. The van der Waals surface area contributed by atoms with Crippen molar-refractivity contribution in [2.75, 3.05) is 0 Å². The van der Waals surface area contributed by atoms with Gasteiger partial charge in [-0.3, -0.25) is 0 Å². The Bertz CT molecular complexity index is 520. The van der Waals surface area contributed by atoms with Crippen LogP contribution in [0.25, 0.3) is 12.2 Å². The number of rotatable bonds is 5. The van der Waals surface area contributed by atoms with E-state index >= 15 is 0 Å². The van der Waals surface area contributed by atoms with Crippen molar-refractivity contribution in [2.24, 2.45) is 0 Å². The minimum atomic E-state index is 0. The van der Waals surface area contributed by atoms with Gasteiger partial charge in [-0.15, -0.1) is 0 Å². The molecule has 0 spiro atoms. The lowest BCUT2D eigenvalue weighted by Gasteiger charge is -1.97. The van der Waals surface area contributed by atoms with Crippen molar-refractivity contribution in [3.8, 4) is 0 Å². The van der Waals surface area contributed by atoms with Gasteiger partial charge in [-0.1, -0.05) is 62.9 Å². The summed E-state index contributed by atoms with van der Waals surface area (Å²) in [4.78, 5) is 0. The average molecular weight is 284 g/mol. The molecule has 2 nitrogen and oxygen atoms in total. The fraction of sp³-hybridized carbons (Fsp3) is 0.211. The van der Waals surface area contributed by atoms with Crippen LogP contribution in [0.2, 0.25) is 0 Å². The average Bonchev–Trinajstić information content (AvgIpc) is 2.54. The second kappa shape index (κ2) is 11.6. The highest BCUT2D eigenvalue weighted by atomic mass is 16.0. The molecule has 0 amide bonds. The van der Waals surface area contributed by atoms with Crippen LogP contribution in [0.3, 0.4) is 0 Å². The zero-order valence-corrected chi connectivity index (χ0v) is 12.8. The molecule has 1 aromatic heterocycles. The van der Waals surface area contributed by atoms with E-state index in [1.54, 1.807) is 0 Å². The molecule has 0 aliphatic heterocycles. The van der Waals surface area contributed by atoms with E-state index < -0.39 is 0 Å². The van der Waals surface area contributed by atoms with Crippen molar-refractivity contribution < 1.29 is 10.0 Å². The molecule has 1 aromatic carbocycles. The maximum absolute atomic E-state index is 3.78. The number of nitrogens with zero attached hydrogens (tertiary/aromatic N) is 1. The second-order valence-corrected chi connectivity index (χ2v) is 4.49. The molecule has 0 atom stereocenters. The van der Waals surface area contributed by atoms with Gasteiger partial charge in [0, 0.05) is 24.6 Å². The number of pyridine rings is 1. The molecule has 2 aromatic rings. The van der Waals surface area contributed by atoms with Crippen LogP contribution in [0.1, 0.15) is 31.0 Å². The standard InChI is InChI=1S/C11H16N.C8H8.H2O/c1-3-5-9-12-10-7-6-8-11(12)4-2;1-2-8-6-4-3-5-7-8;/h4,6-8,10H,2-3,5,9H2,1H3;2-7H,1H2;1H2/q+1;;. The summed E-state index contributed by atoms with van der Waals surface area (Å²) >= 11 is 0. The van der Waals surface area contributed by atoms with Crippen LogP contribution in [0, 0.1) is 0 Å². The van der Waals surface area contributed by atoms with E-state index in [0.717, 1.165) is 6.54 Å². The monoisotopic (exact) mass is 284 g/mol. The van der Waals surface area contributed by atoms with Gasteiger partial charge in [-0.2, -0.15) is 4.57 Å². The fourth-order valence-electron chi connectivity index (χ4n) is 1.80. The van der Waals surface area contributed by atoms with E-state index in [0.29, 0.717) is 0 Å². The molecule has 0 fully saturated rings. The van der Waals surface area contributed by atoms with Gasteiger partial charge in [-0.25, -0.2) is 0 Å². The smallest absolute Gasteiger partial charge is 0.204 e. The largest absolute Gasteiger partial charge is 0.412 e. The summed E-state index contributed by atoms with van der Waals surface area (Å²) in [6.07, 6.45) is 8.30. The molecular formula is C19H26NO+. The summed E-state index contributed by atoms with van der Waals surface area (Å²) in [6, 6.07) is 16.2. The van der Waals surface area contributed by atoms with Crippen LogP contribution in [0.15, 0.2) is 67.9 Å². The Morgan fingerprint density at radius 3 is 2.14 bits per heavy atom. The Morgan fingerprint density at radius 2 is 1.62 bits per heavy atom. The number of unbranched alkanes of at least 4 members (excludes halogenated alkanes) is 1. The number of aromatic nitrogens is 1.